The molecular weight excluding hydrogens is 615 g/mol. The van der Waals surface area contributed by atoms with Gasteiger partial charge in [0.05, 0.1) is 5.69 Å². The maximum Gasteiger partial charge on any atom is 0.0624 e. The molecule has 1 heteroatoms. The Morgan fingerprint density at radius 3 is 1.12 bits per heavy atom. The van der Waals surface area contributed by atoms with Crippen molar-refractivity contribution in [3.63, 3.8) is 0 Å². The first-order valence-electron chi connectivity index (χ1n) is 17.5. The van der Waals surface area contributed by atoms with Crippen LogP contribution in [0.4, 0.5) is 17.1 Å². The van der Waals surface area contributed by atoms with Gasteiger partial charge in [0.1, 0.15) is 0 Å². The first-order valence-corrected chi connectivity index (χ1v) is 17.5. The number of anilines is 3. The summed E-state index contributed by atoms with van der Waals surface area (Å²) in [6.07, 6.45) is 0. The molecule has 0 saturated carbocycles. The van der Waals surface area contributed by atoms with Crippen LogP contribution in [0.1, 0.15) is 0 Å². The molecule has 0 aliphatic heterocycles. The van der Waals surface area contributed by atoms with Crippen molar-refractivity contribution in [3.8, 4) is 44.5 Å². The summed E-state index contributed by atoms with van der Waals surface area (Å²) in [7, 11) is 0. The molecule has 0 heterocycles. The summed E-state index contributed by atoms with van der Waals surface area (Å²) in [4.78, 5) is 2.45. The highest BCUT2D eigenvalue weighted by atomic mass is 15.1. The highest BCUT2D eigenvalue weighted by Gasteiger charge is 2.23. The smallest absolute Gasteiger partial charge is 0.0624 e. The highest BCUT2D eigenvalue weighted by molar-refractivity contribution is 6.22. The Labute approximate surface area is 299 Å². The number of nitrogens with zero attached hydrogens (tertiary/aromatic N) is 1. The lowest BCUT2D eigenvalue weighted by atomic mass is 9.90. The van der Waals surface area contributed by atoms with Crippen molar-refractivity contribution in [2.45, 2.75) is 0 Å². The Bertz CT molecular complexity index is 2590. The molecule has 9 aromatic carbocycles. The minimum atomic E-state index is 1.10. The molecule has 0 N–H and O–H groups in total. The molecule has 0 aliphatic rings. The van der Waals surface area contributed by atoms with E-state index in [-0.39, 0.29) is 0 Å². The standard InChI is InChI=1S/C50H35N/c1-4-15-36(16-5-1)38-27-31-43(32-28-38)51(44-33-29-39(30-34-44)42-22-14-21-41(35-42)37-17-6-2-7-18-37)50-48-26-13-11-24-46(48)45-23-10-12-25-47(45)49(50)40-19-8-3-9-20-40/h1-35H. The largest absolute Gasteiger partial charge is 0.309 e. The van der Waals surface area contributed by atoms with Crippen molar-refractivity contribution in [2.24, 2.45) is 0 Å². The number of hydrogen-bond acceptors (Lipinski definition) is 1. The van der Waals surface area contributed by atoms with Crippen LogP contribution in [-0.4, -0.2) is 0 Å². The maximum absolute atomic E-state index is 2.45. The monoisotopic (exact) mass is 649 g/mol. The Morgan fingerprint density at radius 2 is 0.588 bits per heavy atom. The minimum absolute atomic E-state index is 1.10. The molecule has 0 unspecified atom stereocenters. The normalized spacial score (nSPS) is 11.1. The molecule has 240 valence electrons. The zero-order valence-corrected chi connectivity index (χ0v) is 28.2. The van der Waals surface area contributed by atoms with E-state index in [2.05, 4.69) is 217 Å². The van der Waals surface area contributed by atoms with Crippen molar-refractivity contribution in [1.29, 1.82) is 0 Å². The lowest BCUT2D eigenvalue weighted by Gasteiger charge is -2.31. The molecule has 0 bridgehead atoms. The summed E-state index contributed by atoms with van der Waals surface area (Å²) in [6, 6.07) is 76.6. The van der Waals surface area contributed by atoms with E-state index in [0.29, 0.717) is 0 Å². The fraction of sp³-hybridized carbons (Fsp3) is 0. The Kier molecular flexibility index (Phi) is 7.92. The summed E-state index contributed by atoms with van der Waals surface area (Å²) < 4.78 is 0. The summed E-state index contributed by atoms with van der Waals surface area (Å²) in [6.45, 7) is 0. The number of benzene rings is 9. The van der Waals surface area contributed by atoms with Gasteiger partial charge in [0.25, 0.3) is 0 Å². The van der Waals surface area contributed by atoms with E-state index in [1.165, 1.54) is 71.7 Å². The summed E-state index contributed by atoms with van der Waals surface area (Å²) in [5, 5.41) is 4.94. The Morgan fingerprint density at radius 1 is 0.235 bits per heavy atom. The summed E-state index contributed by atoms with van der Waals surface area (Å²) in [5.41, 5.74) is 13.0. The molecular formula is C50H35N. The zero-order valence-electron chi connectivity index (χ0n) is 28.2. The number of fused-ring (bicyclic) bond motifs is 3. The molecule has 0 fully saturated rings. The van der Waals surface area contributed by atoms with Crippen LogP contribution >= 0.6 is 0 Å². The SMILES string of the molecule is c1ccc(-c2ccc(N(c3ccc(-c4cccc(-c5ccccc5)c4)cc3)c3c(-c4ccccc4)c4ccccc4c4ccccc34)cc2)cc1. The number of hydrogen-bond donors (Lipinski definition) is 0. The topological polar surface area (TPSA) is 3.24 Å². The third-order valence-corrected chi connectivity index (χ3v) is 9.85. The van der Waals surface area contributed by atoms with Gasteiger partial charge in [-0.15, -0.1) is 0 Å². The maximum atomic E-state index is 2.45. The molecule has 9 rings (SSSR count). The second-order valence-corrected chi connectivity index (χ2v) is 12.9. The molecule has 0 amide bonds. The van der Waals surface area contributed by atoms with Crippen LogP contribution < -0.4 is 4.90 Å². The molecule has 1 nitrogen and oxygen atoms in total. The molecule has 0 atom stereocenters. The average molecular weight is 650 g/mol. The second kappa shape index (κ2) is 13.3. The van der Waals surface area contributed by atoms with E-state index in [0.717, 1.165) is 11.4 Å². The quantitative estimate of drug-likeness (QED) is 0.155. The molecule has 0 saturated heterocycles. The van der Waals surface area contributed by atoms with Gasteiger partial charge in [-0.25, -0.2) is 0 Å². The Hall–Kier alpha value is -6.70. The molecule has 0 spiro atoms. The Balaban J connectivity index is 1.27. The van der Waals surface area contributed by atoms with Crippen molar-refractivity contribution in [2.75, 3.05) is 4.90 Å². The third kappa shape index (κ3) is 5.75. The van der Waals surface area contributed by atoms with E-state index in [1.54, 1.807) is 0 Å². The predicted octanol–water partition coefficient (Wildman–Crippen LogP) is 14.1. The highest BCUT2D eigenvalue weighted by Crippen LogP contribution is 2.49. The summed E-state index contributed by atoms with van der Waals surface area (Å²) in [5.74, 6) is 0. The van der Waals surface area contributed by atoms with Gasteiger partial charge in [0.2, 0.25) is 0 Å². The van der Waals surface area contributed by atoms with Crippen LogP contribution in [0.25, 0.3) is 66.1 Å². The van der Waals surface area contributed by atoms with Gasteiger partial charge >= 0.3 is 0 Å². The fourth-order valence-electron chi connectivity index (χ4n) is 7.40. The van der Waals surface area contributed by atoms with Gasteiger partial charge in [-0.1, -0.05) is 182 Å². The first-order chi connectivity index (χ1) is 25.3. The lowest BCUT2D eigenvalue weighted by Crippen LogP contribution is -2.12. The van der Waals surface area contributed by atoms with Gasteiger partial charge in [-0.05, 0) is 85.4 Å². The van der Waals surface area contributed by atoms with Gasteiger partial charge in [-0.2, -0.15) is 0 Å². The van der Waals surface area contributed by atoms with E-state index in [1.807, 2.05) is 0 Å². The van der Waals surface area contributed by atoms with Crippen LogP contribution in [0.5, 0.6) is 0 Å². The van der Waals surface area contributed by atoms with Crippen molar-refractivity contribution in [1.82, 2.24) is 0 Å². The first kappa shape index (κ1) is 30.4. The lowest BCUT2D eigenvalue weighted by molar-refractivity contribution is 1.30. The van der Waals surface area contributed by atoms with Crippen molar-refractivity contribution >= 4 is 38.6 Å². The second-order valence-electron chi connectivity index (χ2n) is 12.9. The molecule has 0 aromatic heterocycles. The summed E-state index contributed by atoms with van der Waals surface area (Å²) >= 11 is 0. The molecule has 0 aliphatic carbocycles. The van der Waals surface area contributed by atoms with Crippen LogP contribution in [-0.2, 0) is 0 Å². The van der Waals surface area contributed by atoms with Gasteiger partial charge in [0.15, 0.2) is 0 Å². The fourth-order valence-corrected chi connectivity index (χ4v) is 7.40. The van der Waals surface area contributed by atoms with Crippen molar-refractivity contribution in [3.05, 3.63) is 212 Å². The van der Waals surface area contributed by atoms with Gasteiger partial charge < -0.3 is 4.90 Å². The van der Waals surface area contributed by atoms with E-state index < -0.39 is 0 Å². The molecule has 51 heavy (non-hydrogen) atoms. The van der Waals surface area contributed by atoms with E-state index >= 15 is 0 Å². The zero-order chi connectivity index (χ0) is 34.0. The van der Waals surface area contributed by atoms with E-state index in [4.69, 9.17) is 0 Å². The van der Waals surface area contributed by atoms with Gasteiger partial charge in [-0.3, -0.25) is 0 Å². The molecule has 9 aromatic rings. The van der Waals surface area contributed by atoms with Crippen molar-refractivity contribution < 1.29 is 0 Å². The van der Waals surface area contributed by atoms with Crippen LogP contribution in [0.3, 0.4) is 0 Å². The van der Waals surface area contributed by atoms with E-state index in [9.17, 15) is 0 Å². The average Bonchev–Trinajstić information content (AvgIpc) is 3.22. The van der Waals surface area contributed by atoms with Crippen LogP contribution in [0.2, 0.25) is 0 Å². The van der Waals surface area contributed by atoms with Crippen LogP contribution in [0, 0.1) is 0 Å². The molecule has 0 radical (unpaired) electrons. The minimum Gasteiger partial charge on any atom is -0.309 e. The third-order valence-electron chi connectivity index (χ3n) is 9.85. The van der Waals surface area contributed by atoms with Gasteiger partial charge in [0, 0.05) is 22.3 Å². The number of rotatable bonds is 7. The van der Waals surface area contributed by atoms with Crippen LogP contribution in [0.15, 0.2) is 212 Å². The predicted molar refractivity (Wildman–Crippen MR) is 218 cm³/mol.